The van der Waals surface area contributed by atoms with Gasteiger partial charge in [0.1, 0.15) is 5.82 Å². The molecule has 0 aliphatic heterocycles. The van der Waals surface area contributed by atoms with Crippen LogP contribution in [0.3, 0.4) is 0 Å². The number of carbonyl (C=O) groups is 1. The molecule has 0 unspecified atom stereocenters. The predicted octanol–water partition coefficient (Wildman–Crippen LogP) is 1.61. The molecule has 0 aliphatic rings. The molecule has 0 radical (unpaired) electrons. The molecular weight excluding hydrogens is 219 g/mol. The number of carbonyl (C=O) groups excluding carboxylic acids is 1. The van der Waals surface area contributed by atoms with Crippen molar-refractivity contribution >= 4 is 17.5 Å². The minimum absolute atomic E-state index is 0.00811. The summed E-state index contributed by atoms with van der Waals surface area (Å²) in [6, 6.07) is 4.10. The van der Waals surface area contributed by atoms with Crippen LogP contribution in [0.1, 0.15) is 18.5 Å². The predicted molar refractivity (Wildman–Crippen MR) is 57.0 cm³/mol. The number of primary amides is 1. The Hall–Kier alpha value is -1.13. The standard InChI is InChI=1S/C10H12ClFN2O/c1-6(14-5-9(13)15)10-7(11)3-2-4-8(10)12/h2-4,6,14H,5H2,1H3,(H2,13,15)/t6-/m0/s1. The zero-order valence-electron chi connectivity index (χ0n) is 8.26. The molecule has 0 heterocycles. The van der Waals surface area contributed by atoms with Crippen molar-refractivity contribution < 1.29 is 9.18 Å². The summed E-state index contributed by atoms with van der Waals surface area (Å²) in [5.41, 5.74) is 5.31. The summed E-state index contributed by atoms with van der Waals surface area (Å²) < 4.78 is 13.4. The van der Waals surface area contributed by atoms with Crippen molar-refractivity contribution in [2.45, 2.75) is 13.0 Å². The fourth-order valence-electron chi connectivity index (χ4n) is 1.28. The molecule has 1 rings (SSSR count). The molecule has 0 saturated heterocycles. The van der Waals surface area contributed by atoms with Crippen LogP contribution in [-0.2, 0) is 4.79 Å². The maximum atomic E-state index is 13.4. The zero-order chi connectivity index (χ0) is 11.4. The van der Waals surface area contributed by atoms with Gasteiger partial charge in [0, 0.05) is 16.6 Å². The van der Waals surface area contributed by atoms with Gasteiger partial charge in [-0.05, 0) is 19.1 Å². The summed E-state index contributed by atoms with van der Waals surface area (Å²) in [7, 11) is 0. The summed E-state index contributed by atoms with van der Waals surface area (Å²) >= 11 is 5.84. The number of amides is 1. The Kier molecular flexibility index (Phi) is 4.05. The van der Waals surface area contributed by atoms with Crippen molar-refractivity contribution in [2.24, 2.45) is 5.73 Å². The first kappa shape index (κ1) is 11.9. The van der Waals surface area contributed by atoms with Gasteiger partial charge in [-0.2, -0.15) is 0 Å². The lowest BCUT2D eigenvalue weighted by atomic mass is 10.1. The summed E-state index contributed by atoms with van der Waals surface area (Å²) in [4.78, 5) is 10.5. The lowest BCUT2D eigenvalue weighted by Crippen LogP contribution is -2.31. The van der Waals surface area contributed by atoms with Gasteiger partial charge < -0.3 is 11.1 Å². The molecule has 1 amide bonds. The fraction of sp³-hybridized carbons (Fsp3) is 0.300. The molecule has 0 bridgehead atoms. The highest BCUT2D eigenvalue weighted by Crippen LogP contribution is 2.25. The number of nitrogens with two attached hydrogens (primary N) is 1. The van der Waals surface area contributed by atoms with Gasteiger partial charge >= 0.3 is 0 Å². The summed E-state index contributed by atoms with van der Waals surface area (Å²) in [5.74, 6) is -0.888. The zero-order valence-corrected chi connectivity index (χ0v) is 9.01. The maximum Gasteiger partial charge on any atom is 0.231 e. The second-order valence-electron chi connectivity index (χ2n) is 3.20. The second-order valence-corrected chi connectivity index (χ2v) is 3.61. The van der Waals surface area contributed by atoms with Crippen molar-refractivity contribution in [3.63, 3.8) is 0 Å². The Morgan fingerprint density at radius 1 is 1.67 bits per heavy atom. The van der Waals surface area contributed by atoms with Crippen molar-refractivity contribution in [2.75, 3.05) is 6.54 Å². The van der Waals surface area contributed by atoms with Crippen LogP contribution in [0.15, 0.2) is 18.2 Å². The molecule has 0 saturated carbocycles. The van der Waals surface area contributed by atoms with E-state index in [-0.39, 0.29) is 12.6 Å². The van der Waals surface area contributed by atoms with Crippen LogP contribution in [0.2, 0.25) is 5.02 Å². The first-order valence-electron chi connectivity index (χ1n) is 4.48. The van der Waals surface area contributed by atoms with Crippen molar-refractivity contribution in [1.82, 2.24) is 5.32 Å². The molecule has 1 aromatic rings. The SMILES string of the molecule is C[C@H](NCC(N)=O)c1c(F)cccc1Cl. The van der Waals surface area contributed by atoms with Gasteiger partial charge in [0.15, 0.2) is 0 Å². The normalized spacial score (nSPS) is 12.5. The minimum Gasteiger partial charge on any atom is -0.369 e. The third-order valence-corrected chi connectivity index (χ3v) is 2.34. The number of nitrogens with one attached hydrogen (secondary N) is 1. The average Bonchev–Trinajstić information content (AvgIpc) is 2.14. The van der Waals surface area contributed by atoms with E-state index < -0.39 is 11.7 Å². The summed E-state index contributed by atoms with van der Waals surface area (Å²) in [6.45, 7) is 1.71. The number of hydrogen-bond acceptors (Lipinski definition) is 2. The van der Waals surface area contributed by atoms with Gasteiger partial charge in [-0.15, -0.1) is 0 Å². The van der Waals surface area contributed by atoms with Gasteiger partial charge in [0.05, 0.1) is 6.54 Å². The summed E-state index contributed by atoms with van der Waals surface area (Å²) in [5, 5.41) is 3.11. The Labute approximate surface area is 92.4 Å². The largest absolute Gasteiger partial charge is 0.369 e. The number of halogens is 2. The van der Waals surface area contributed by atoms with Crippen molar-refractivity contribution in [3.8, 4) is 0 Å². The lowest BCUT2D eigenvalue weighted by Gasteiger charge is -2.15. The van der Waals surface area contributed by atoms with Gasteiger partial charge in [-0.25, -0.2) is 4.39 Å². The molecule has 0 aromatic heterocycles. The molecule has 0 aliphatic carbocycles. The number of hydrogen-bond donors (Lipinski definition) is 2. The Morgan fingerprint density at radius 2 is 2.33 bits per heavy atom. The van der Waals surface area contributed by atoms with E-state index in [1.165, 1.54) is 12.1 Å². The molecular formula is C10H12ClFN2O. The monoisotopic (exact) mass is 230 g/mol. The fourth-order valence-corrected chi connectivity index (χ4v) is 1.61. The van der Waals surface area contributed by atoms with E-state index in [2.05, 4.69) is 5.32 Å². The van der Waals surface area contributed by atoms with E-state index in [1.807, 2.05) is 0 Å². The first-order chi connectivity index (χ1) is 7.02. The molecule has 0 spiro atoms. The Balaban J connectivity index is 2.81. The molecule has 3 N–H and O–H groups in total. The van der Waals surface area contributed by atoms with Crippen molar-refractivity contribution in [1.29, 1.82) is 0 Å². The van der Waals surface area contributed by atoms with E-state index in [0.717, 1.165) is 0 Å². The van der Waals surface area contributed by atoms with E-state index >= 15 is 0 Å². The topological polar surface area (TPSA) is 55.1 Å². The molecule has 3 nitrogen and oxygen atoms in total. The molecule has 1 aromatic carbocycles. The molecule has 82 valence electrons. The van der Waals surface area contributed by atoms with Crippen LogP contribution in [0.4, 0.5) is 4.39 Å². The van der Waals surface area contributed by atoms with E-state index in [4.69, 9.17) is 17.3 Å². The Morgan fingerprint density at radius 3 is 2.87 bits per heavy atom. The highest BCUT2D eigenvalue weighted by molar-refractivity contribution is 6.31. The highest BCUT2D eigenvalue weighted by atomic mass is 35.5. The smallest absolute Gasteiger partial charge is 0.231 e. The minimum atomic E-state index is -0.491. The van der Waals surface area contributed by atoms with Crippen molar-refractivity contribution in [3.05, 3.63) is 34.6 Å². The third-order valence-electron chi connectivity index (χ3n) is 2.02. The Bertz CT molecular complexity index is 350. The maximum absolute atomic E-state index is 13.4. The molecule has 15 heavy (non-hydrogen) atoms. The van der Waals surface area contributed by atoms with E-state index in [1.54, 1.807) is 13.0 Å². The van der Waals surface area contributed by atoms with Gasteiger partial charge in [0.2, 0.25) is 5.91 Å². The second kappa shape index (κ2) is 5.09. The van der Waals surface area contributed by atoms with Crippen LogP contribution in [-0.4, -0.2) is 12.5 Å². The van der Waals surface area contributed by atoms with Crippen LogP contribution >= 0.6 is 11.6 Å². The van der Waals surface area contributed by atoms with Gasteiger partial charge in [-0.1, -0.05) is 17.7 Å². The van der Waals surface area contributed by atoms with E-state index in [0.29, 0.717) is 10.6 Å². The van der Waals surface area contributed by atoms with Crippen LogP contribution in [0.25, 0.3) is 0 Å². The highest BCUT2D eigenvalue weighted by Gasteiger charge is 2.14. The molecule has 0 fully saturated rings. The van der Waals surface area contributed by atoms with Crippen LogP contribution < -0.4 is 11.1 Å². The lowest BCUT2D eigenvalue weighted by molar-refractivity contribution is -0.117. The number of benzene rings is 1. The molecule has 5 heteroatoms. The first-order valence-corrected chi connectivity index (χ1v) is 4.85. The third kappa shape index (κ3) is 3.18. The average molecular weight is 231 g/mol. The number of rotatable bonds is 4. The van der Waals surface area contributed by atoms with E-state index in [9.17, 15) is 9.18 Å². The van der Waals surface area contributed by atoms with Crippen LogP contribution in [0, 0.1) is 5.82 Å². The van der Waals surface area contributed by atoms with Gasteiger partial charge in [0.25, 0.3) is 0 Å². The summed E-state index contributed by atoms with van der Waals surface area (Å²) in [6.07, 6.45) is 0. The quantitative estimate of drug-likeness (QED) is 0.826. The molecule has 1 atom stereocenters. The van der Waals surface area contributed by atoms with Gasteiger partial charge in [-0.3, -0.25) is 4.79 Å². The van der Waals surface area contributed by atoms with Crippen LogP contribution in [0.5, 0.6) is 0 Å².